The van der Waals surface area contributed by atoms with Crippen LogP contribution in [0.5, 0.6) is 0 Å². The Morgan fingerprint density at radius 1 is 0.400 bits per heavy atom. The van der Waals surface area contributed by atoms with Crippen LogP contribution in [0.25, 0.3) is 0 Å². The van der Waals surface area contributed by atoms with E-state index in [0.717, 1.165) is 0 Å². The molecule has 0 radical (unpaired) electrons. The van der Waals surface area contributed by atoms with Crippen molar-refractivity contribution in [2.75, 3.05) is 0 Å². The van der Waals surface area contributed by atoms with Gasteiger partial charge in [0.05, 0.1) is 0 Å². The zero-order chi connectivity index (χ0) is 31.3. The van der Waals surface area contributed by atoms with Crippen LogP contribution in [0.1, 0.15) is 99.3 Å². The Labute approximate surface area is 247 Å². The van der Waals surface area contributed by atoms with E-state index >= 15 is 0 Å². The summed E-state index contributed by atoms with van der Waals surface area (Å²) >= 11 is 0. The number of carbonyl (C=O) groups excluding carboxylic acids is 6. The van der Waals surface area contributed by atoms with Crippen molar-refractivity contribution >= 4 is 35.8 Å². The molecule has 12 nitrogen and oxygen atoms in total. The summed E-state index contributed by atoms with van der Waals surface area (Å²) in [6.07, 6.45) is 3.04. The fraction of sp³-hybridized carbons (Fsp3) is 0.778. The van der Waals surface area contributed by atoms with Crippen LogP contribution in [-0.4, -0.2) is 35.8 Å². The Morgan fingerprint density at radius 2 is 0.575 bits per heavy atom. The molecule has 0 heterocycles. The van der Waals surface area contributed by atoms with E-state index in [-0.39, 0.29) is 54.1 Å². The van der Waals surface area contributed by atoms with Gasteiger partial charge in [0.25, 0.3) is 0 Å². The Balaban J connectivity index is -0.000000240. The van der Waals surface area contributed by atoms with Gasteiger partial charge in [-0.15, -0.1) is 0 Å². The Hall–Kier alpha value is -2.66. The van der Waals surface area contributed by atoms with Crippen molar-refractivity contribution in [1.29, 1.82) is 0 Å². The Kier molecular flexibility index (Phi) is 28.1. The summed E-state index contributed by atoms with van der Waals surface area (Å²) in [6.45, 7) is 9.95. The first-order valence-corrected chi connectivity index (χ1v) is 13.0. The molecule has 0 saturated heterocycles. The number of carboxylic acid groups (broad SMARTS) is 6. The average molecular weight is 614 g/mol. The first-order chi connectivity index (χ1) is 17.8. The van der Waals surface area contributed by atoms with E-state index < -0.39 is 53.6 Å². The maximum absolute atomic E-state index is 10.3. The van der Waals surface area contributed by atoms with Crippen LogP contribution >= 0.6 is 0 Å². The molecule has 0 fully saturated rings. The number of rotatable bonds is 18. The predicted octanol–water partition coefficient (Wildman–Crippen LogP) is -3.22. The third kappa shape index (κ3) is 31.6. The molecular formula is C27H42FeO12. The summed E-state index contributed by atoms with van der Waals surface area (Å²) in [6, 6.07) is 0. The second-order valence-electron chi connectivity index (χ2n) is 10.4. The van der Waals surface area contributed by atoms with Crippen LogP contribution in [0, 0.1) is 35.5 Å². The summed E-state index contributed by atoms with van der Waals surface area (Å²) in [4.78, 5) is 61.3. The van der Waals surface area contributed by atoms with Gasteiger partial charge in [-0.25, -0.2) is 0 Å². The molecule has 0 N–H and O–H groups in total. The number of carbonyl (C=O) groups is 6. The van der Waals surface area contributed by atoms with Crippen LogP contribution in [-0.2, 0) is 45.8 Å². The van der Waals surface area contributed by atoms with E-state index in [1.54, 1.807) is 41.5 Å². The zero-order valence-electron chi connectivity index (χ0n) is 24.1. The van der Waals surface area contributed by atoms with Crippen molar-refractivity contribution in [1.82, 2.24) is 0 Å². The summed E-state index contributed by atoms with van der Waals surface area (Å²) in [7, 11) is 0. The quantitative estimate of drug-likeness (QED) is 0.139. The summed E-state index contributed by atoms with van der Waals surface area (Å²) in [5, 5.41) is 61.3. The van der Waals surface area contributed by atoms with Gasteiger partial charge in [0.1, 0.15) is 0 Å². The smallest absolute Gasteiger partial charge is 0.550 e. The minimum absolute atomic E-state index is 0. The van der Waals surface area contributed by atoms with E-state index in [0.29, 0.717) is 38.5 Å². The Morgan fingerprint density at radius 3 is 0.700 bits per heavy atom. The first kappa shape index (κ1) is 44.4. The van der Waals surface area contributed by atoms with Gasteiger partial charge in [-0.05, 0) is 93.3 Å². The SMILES string of the molecule is CC(CCC(C)C(=O)[O-])CC(=O)[O-].CC(CCC(C)C(=O)[O-])CC(=O)[O-].CC(CCC(C)C(=O)[O-])CC(=O)[O-].[Fe+6]. The van der Waals surface area contributed by atoms with E-state index in [4.69, 9.17) is 0 Å². The molecule has 0 aromatic carbocycles. The van der Waals surface area contributed by atoms with Crippen molar-refractivity contribution in [3.05, 3.63) is 0 Å². The van der Waals surface area contributed by atoms with Gasteiger partial charge in [0.15, 0.2) is 0 Å². The van der Waals surface area contributed by atoms with Gasteiger partial charge in [-0.3, -0.25) is 0 Å². The topological polar surface area (TPSA) is 241 Å². The molecule has 6 atom stereocenters. The molecule has 0 saturated carbocycles. The van der Waals surface area contributed by atoms with Crippen molar-refractivity contribution < 1.29 is 76.5 Å². The van der Waals surface area contributed by atoms with Gasteiger partial charge < -0.3 is 59.4 Å². The molecule has 0 spiro atoms. The molecular weight excluding hydrogens is 572 g/mol. The molecule has 0 bridgehead atoms. The van der Waals surface area contributed by atoms with Crippen LogP contribution in [0.4, 0.5) is 0 Å². The molecule has 13 heteroatoms. The fourth-order valence-corrected chi connectivity index (χ4v) is 3.12. The normalized spacial score (nSPS) is 14.6. The molecule has 0 aliphatic carbocycles. The molecule has 0 aromatic rings. The third-order valence-corrected chi connectivity index (χ3v) is 6.03. The van der Waals surface area contributed by atoms with Crippen LogP contribution in [0.3, 0.4) is 0 Å². The second-order valence-corrected chi connectivity index (χ2v) is 10.4. The third-order valence-electron chi connectivity index (χ3n) is 6.03. The van der Waals surface area contributed by atoms with Crippen molar-refractivity contribution in [2.45, 2.75) is 99.3 Å². The van der Waals surface area contributed by atoms with E-state index in [9.17, 15) is 59.4 Å². The maximum atomic E-state index is 10.3. The largest absolute Gasteiger partial charge is 6.00 e. The van der Waals surface area contributed by atoms with Crippen LogP contribution in [0.15, 0.2) is 0 Å². The first-order valence-electron chi connectivity index (χ1n) is 13.0. The second kappa shape index (κ2) is 25.3. The van der Waals surface area contributed by atoms with Gasteiger partial charge in [0, 0.05) is 35.8 Å². The minimum Gasteiger partial charge on any atom is -0.550 e. The maximum Gasteiger partial charge on any atom is 6.00 e. The van der Waals surface area contributed by atoms with Gasteiger partial charge >= 0.3 is 17.1 Å². The van der Waals surface area contributed by atoms with Crippen LogP contribution < -0.4 is 30.6 Å². The molecule has 0 rings (SSSR count). The minimum atomic E-state index is -1.09. The monoisotopic (exact) mass is 614 g/mol. The molecule has 0 amide bonds. The van der Waals surface area contributed by atoms with E-state index in [1.165, 1.54) is 0 Å². The Bertz CT molecular complexity index is 671. The zero-order valence-corrected chi connectivity index (χ0v) is 25.2. The molecule has 230 valence electrons. The summed E-state index contributed by atoms with van der Waals surface area (Å²) < 4.78 is 0. The average Bonchev–Trinajstić information content (AvgIpc) is 2.78. The number of aliphatic carboxylic acids is 6. The van der Waals surface area contributed by atoms with Gasteiger partial charge in [-0.2, -0.15) is 0 Å². The van der Waals surface area contributed by atoms with Crippen LogP contribution in [0.2, 0.25) is 0 Å². The summed E-state index contributed by atoms with van der Waals surface area (Å²) in [5.41, 5.74) is 0. The van der Waals surface area contributed by atoms with Crippen molar-refractivity contribution in [2.24, 2.45) is 35.5 Å². The fourth-order valence-electron chi connectivity index (χ4n) is 3.12. The predicted molar refractivity (Wildman–Crippen MR) is 127 cm³/mol. The van der Waals surface area contributed by atoms with Crippen molar-refractivity contribution in [3.63, 3.8) is 0 Å². The summed E-state index contributed by atoms with van der Waals surface area (Å²) in [5.74, 6) is -8.15. The van der Waals surface area contributed by atoms with Crippen molar-refractivity contribution in [3.8, 4) is 0 Å². The number of hydrogen-bond acceptors (Lipinski definition) is 12. The van der Waals surface area contributed by atoms with Gasteiger partial charge in [0.2, 0.25) is 0 Å². The molecule has 0 aliphatic rings. The molecule has 0 aromatic heterocycles. The molecule has 0 aliphatic heterocycles. The van der Waals surface area contributed by atoms with Gasteiger partial charge in [-0.1, -0.05) is 41.5 Å². The molecule has 40 heavy (non-hydrogen) atoms. The number of carboxylic acids is 6. The van der Waals surface area contributed by atoms with E-state index in [1.807, 2.05) is 0 Å². The standard InChI is InChI=1S/3C9H16O4.Fe/c3*1-6(5-8(10)11)3-4-7(2)9(12)13;/h3*6-7H,3-5H2,1-2H3,(H,10,11)(H,12,13);/q;;;+6/p-6. The molecule has 6 unspecified atom stereocenters. The van der Waals surface area contributed by atoms with E-state index in [2.05, 4.69) is 0 Å². The number of hydrogen-bond donors (Lipinski definition) is 0.